The van der Waals surface area contributed by atoms with E-state index in [9.17, 15) is 9.59 Å². The third kappa shape index (κ3) is 3.91. The van der Waals surface area contributed by atoms with Crippen molar-refractivity contribution in [3.63, 3.8) is 0 Å². The Labute approximate surface area is 126 Å². The molecular formula is C17H24N2O2. The Morgan fingerprint density at radius 2 is 1.76 bits per heavy atom. The molecule has 1 aliphatic rings. The second-order valence-electron chi connectivity index (χ2n) is 6.64. The molecule has 0 aliphatic carbocycles. The van der Waals surface area contributed by atoms with Crippen LogP contribution in [-0.2, 0) is 4.79 Å². The maximum atomic E-state index is 12.7. The SMILES string of the molecule is CC(C)(C)C(=O)Nc1ccccc1C(=O)C1CCNCC1. The summed E-state index contributed by atoms with van der Waals surface area (Å²) in [5.74, 6) is 0.119. The summed E-state index contributed by atoms with van der Waals surface area (Å²) in [6.07, 6.45) is 1.72. The lowest BCUT2D eigenvalue weighted by molar-refractivity contribution is -0.123. The van der Waals surface area contributed by atoms with Crippen LogP contribution in [0.25, 0.3) is 0 Å². The molecule has 1 heterocycles. The second-order valence-corrected chi connectivity index (χ2v) is 6.64. The summed E-state index contributed by atoms with van der Waals surface area (Å²) in [6.45, 7) is 7.35. The number of carbonyl (C=O) groups excluding carboxylic acids is 2. The minimum absolute atomic E-state index is 0.0546. The van der Waals surface area contributed by atoms with Crippen molar-refractivity contribution in [2.45, 2.75) is 33.6 Å². The number of hydrogen-bond donors (Lipinski definition) is 2. The molecule has 0 bridgehead atoms. The number of para-hydroxylation sites is 1. The molecule has 0 saturated carbocycles. The zero-order valence-corrected chi connectivity index (χ0v) is 13.0. The number of piperidine rings is 1. The fourth-order valence-electron chi connectivity index (χ4n) is 2.42. The van der Waals surface area contributed by atoms with Crippen molar-refractivity contribution >= 4 is 17.4 Å². The molecule has 0 spiro atoms. The number of rotatable bonds is 3. The molecule has 114 valence electrons. The fraction of sp³-hybridized carbons (Fsp3) is 0.529. The first kappa shape index (κ1) is 15.7. The molecule has 0 radical (unpaired) electrons. The van der Waals surface area contributed by atoms with Gasteiger partial charge in [0.15, 0.2) is 5.78 Å². The van der Waals surface area contributed by atoms with Gasteiger partial charge in [0.05, 0.1) is 5.69 Å². The van der Waals surface area contributed by atoms with Crippen LogP contribution in [0, 0.1) is 11.3 Å². The molecule has 2 rings (SSSR count). The number of hydrogen-bond acceptors (Lipinski definition) is 3. The van der Waals surface area contributed by atoms with Crippen molar-refractivity contribution in [3.05, 3.63) is 29.8 Å². The van der Waals surface area contributed by atoms with E-state index in [2.05, 4.69) is 10.6 Å². The van der Waals surface area contributed by atoms with Gasteiger partial charge in [0.1, 0.15) is 0 Å². The van der Waals surface area contributed by atoms with Crippen LogP contribution in [0.15, 0.2) is 24.3 Å². The van der Waals surface area contributed by atoms with E-state index in [-0.39, 0.29) is 17.6 Å². The number of nitrogens with one attached hydrogen (secondary N) is 2. The molecule has 1 amide bonds. The summed E-state index contributed by atoms with van der Waals surface area (Å²) in [7, 11) is 0. The maximum absolute atomic E-state index is 12.7. The Kier molecular flexibility index (Phi) is 4.78. The molecule has 1 fully saturated rings. The third-order valence-corrected chi connectivity index (χ3v) is 3.83. The molecule has 0 unspecified atom stereocenters. The largest absolute Gasteiger partial charge is 0.325 e. The number of amides is 1. The highest BCUT2D eigenvalue weighted by Gasteiger charge is 2.26. The minimum atomic E-state index is -0.481. The lowest BCUT2D eigenvalue weighted by Gasteiger charge is -2.23. The van der Waals surface area contributed by atoms with Gasteiger partial charge in [-0.15, -0.1) is 0 Å². The Hall–Kier alpha value is -1.68. The Balaban J connectivity index is 2.20. The van der Waals surface area contributed by atoms with Gasteiger partial charge in [0, 0.05) is 16.9 Å². The molecular weight excluding hydrogens is 264 g/mol. The maximum Gasteiger partial charge on any atom is 0.229 e. The summed E-state index contributed by atoms with van der Waals surface area (Å²) >= 11 is 0. The first-order chi connectivity index (χ1) is 9.89. The van der Waals surface area contributed by atoms with Crippen LogP contribution in [0.2, 0.25) is 0 Å². The van der Waals surface area contributed by atoms with Crippen molar-refractivity contribution in [1.82, 2.24) is 5.32 Å². The normalized spacial score (nSPS) is 16.5. The van der Waals surface area contributed by atoms with Gasteiger partial charge in [-0.25, -0.2) is 0 Å². The third-order valence-electron chi connectivity index (χ3n) is 3.83. The molecule has 1 aromatic carbocycles. The first-order valence-corrected chi connectivity index (χ1v) is 7.55. The zero-order valence-electron chi connectivity index (χ0n) is 13.0. The minimum Gasteiger partial charge on any atom is -0.325 e. The van der Waals surface area contributed by atoms with Crippen LogP contribution in [0.4, 0.5) is 5.69 Å². The summed E-state index contributed by atoms with van der Waals surface area (Å²) in [5, 5.41) is 6.16. The van der Waals surface area contributed by atoms with Crippen LogP contribution >= 0.6 is 0 Å². The molecule has 2 N–H and O–H groups in total. The predicted octanol–water partition coefficient (Wildman–Crippen LogP) is 2.85. The molecule has 21 heavy (non-hydrogen) atoms. The first-order valence-electron chi connectivity index (χ1n) is 7.55. The number of anilines is 1. The smallest absolute Gasteiger partial charge is 0.229 e. The fourth-order valence-corrected chi connectivity index (χ4v) is 2.42. The summed E-state index contributed by atoms with van der Waals surface area (Å²) < 4.78 is 0. The van der Waals surface area contributed by atoms with E-state index in [1.807, 2.05) is 39.0 Å². The predicted molar refractivity (Wildman–Crippen MR) is 84.5 cm³/mol. The average molecular weight is 288 g/mol. The Morgan fingerprint density at radius 3 is 2.38 bits per heavy atom. The van der Waals surface area contributed by atoms with Crippen molar-refractivity contribution in [2.75, 3.05) is 18.4 Å². The molecule has 0 aromatic heterocycles. The van der Waals surface area contributed by atoms with Crippen LogP contribution in [0.5, 0.6) is 0 Å². The molecule has 4 heteroatoms. The van der Waals surface area contributed by atoms with Crippen molar-refractivity contribution in [2.24, 2.45) is 11.3 Å². The average Bonchev–Trinajstić information content (AvgIpc) is 2.47. The van der Waals surface area contributed by atoms with Gasteiger partial charge in [0.25, 0.3) is 0 Å². The van der Waals surface area contributed by atoms with Gasteiger partial charge < -0.3 is 10.6 Å². The standard InChI is InChI=1S/C17H24N2O2/c1-17(2,3)16(21)19-14-7-5-4-6-13(14)15(20)12-8-10-18-11-9-12/h4-7,12,18H,8-11H2,1-3H3,(H,19,21). The Morgan fingerprint density at radius 1 is 1.14 bits per heavy atom. The van der Waals surface area contributed by atoms with Gasteiger partial charge in [-0.05, 0) is 38.1 Å². The number of benzene rings is 1. The highest BCUT2D eigenvalue weighted by atomic mass is 16.2. The lowest BCUT2D eigenvalue weighted by atomic mass is 9.88. The molecule has 4 nitrogen and oxygen atoms in total. The van der Waals surface area contributed by atoms with E-state index in [1.54, 1.807) is 6.07 Å². The van der Waals surface area contributed by atoms with Crippen molar-refractivity contribution in [1.29, 1.82) is 0 Å². The van der Waals surface area contributed by atoms with Crippen LogP contribution in [0.1, 0.15) is 44.0 Å². The van der Waals surface area contributed by atoms with Crippen LogP contribution in [-0.4, -0.2) is 24.8 Å². The van der Waals surface area contributed by atoms with Gasteiger partial charge >= 0.3 is 0 Å². The van der Waals surface area contributed by atoms with Crippen molar-refractivity contribution in [3.8, 4) is 0 Å². The molecule has 1 aromatic rings. The summed E-state index contributed by atoms with van der Waals surface area (Å²) in [4.78, 5) is 24.8. The van der Waals surface area contributed by atoms with Gasteiger partial charge in [0.2, 0.25) is 5.91 Å². The quantitative estimate of drug-likeness (QED) is 0.841. The summed E-state index contributed by atoms with van der Waals surface area (Å²) in [6, 6.07) is 7.30. The highest BCUT2D eigenvalue weighted by molar-refractivity contribution is 6.06. The van der Waals surface area contributed by atoms with Crippen LogP contribution in [0.3, 0.4) is 0 Å². The summed E-state index contributed by atoms with van der Waals surface area (Å²) in [5.41, 5.74) is 0.772. The van der Waals surface area contributed by atoms with Crippen LogP contribution < -0.4 is 10.6 Å². The van der Waals surface area contributed by atoms with E-state index in [4.69, 9.17) is 0 Å². The number of ketones is 1. The van der Waals surface area contributed by atoms with Gasteiger partial charge in [-0.2, -0.15) is 0 Å². The van der Waals surface area contributed by atoms with E-state index < -0.39 is 5.41 Å². The number of carbonyl (C=O) groups is 2. The monoisotopic (exact) mass is 288 g/mol. The van der Waals surface area contributed by atoms with E-state index >= 15 is 0 Å². The van der Waals surface area contributed by atoms with E-state index in [0.717, 1.165) is 25.9 Å². The second kappa shape index (κ2) is 6.39. The van der Waals surface area contributed by atoms with E-state index in [0.29, 0.717) is 11.3 Å². The number of Topliss-reactive ketones (excluding diaryl/α,β-unsaturated/α-hetero) is 1. The topological polar surface area (TPSA) is 58.2 Å². The van der Waals surface area contributed by atoms with Gasteiger partial charge in [-0.1, -0.05) is 32.9 Å². The molecule has 1 saturated heterocycles. The Bertz CT molecular complexity index is 526. The van der Waals surface area contributed by atoms with Gasteiger partial charge in [-0.3, -0.25) is 9.59 Å². The zero-order chi connectivity index (χ0) is 15.5. The molecule has 1 aliphatic heterocycles. The van der Waals surface area contributed by atoms with Crippen molar-refractivity contribution < 1.29 is 9.59 Å². The highest BCUT2D eigenvalue weighted by Crippen LogP contribution is 2.25. The lowest BCUT2D eigenvalue weighted by Crippen LogP contribution is -2.33. The molecule has 0 atom stereocenters. The van der Waals surface area contributed by atoms with E-state index in [1.165, 1.54) is 0 Å².